The molecule has 0 saturated heterocycles. The van der Waals surface area contributed by atoms with Gasteiger partial charge in [-0.2, -0.15) is 13.2 Å². The number of carbonyl (C=O) groups excluding carboxylic acids is 2. The van der Waals surface area contributed by atoms with E-state index >= 15 is 0 Å². The van der Waals surface area contributed by atoms with Gasteiger partial charge < -0.3 is 25.3 Å². The van der Waals surface area contributed by atoms with Crippen molar-refractivity contribution in [1.82, 2.24) is 5.32 Å². The quantitative estimate of drug-likeness (QED) is 0.278. The van der Waals surface area contributed by atoms with Crippen LogP contribution in [0.25, 0.3) is 0 Å². The zero-order chi connectivity index (χ0) is 31.3. The molecule has 4 aliphatic rings. The molecule has 3 saturated carbocycles. The molecule has 6 rings (SSSR count). The zero-order valence-corrected chi connectivity index (χ0v) is 23.5. The number of hydrogen-bond donors (Lipinski definition) is 3. The van der Waals surface area contributed by atoms with Gasteiger partial charge in [-0.05, 0) is 73.9 Å². The van der Waals surface area contributed by atoms with Crippen LogP contribution in [0.2, 0.25) is 0 Å². The first-order valence-electron chi connectivity index (χ1n) is 14.3. The zero-order valence-electron chi connectivity index (χ0n) is 23.5. The molecule has 2 bridgehead atoms. The Kier molecular flexibility index (Phi) is 7.58. The van der Waals surface area contributed by atoms with Crippen LogP contribution in [0.5, 0.6) is 5.75 Å². The number of carboxylic acids is 1. The van der Waals surface area contributed by atoms with Gasteiger partial charge in [-0.3, -0.25) is 9.59 Å². The minimum absolute atomic E-state index is 0.00606. The number of benzene rings is 2. The molecule has 3 aliphatic carbocycles. The van der Waals surface area contributed by atoms with Gasteiger partial charge in [0.05, 0.1) is 29.9 Å². The van der Waals surface area contributed by atoms with E-state index in [0.717, 1.165) is 30.9 Å². The van der Waals surface area contributed by atoms with Crippen LogP contribution in [0.3, 0.4) is 0 Å². The third-order valence-electron chi connectivity index (χ3n) is 8.81. The van der Waals surface area contributed by atoms with Crippen LogP contribution >= 0.6 is 0 Å². The SMILES string of the molecule is COc1ccc(C2=NOC(C(=O)O)C2)cc1C(=O)N[C@H]1[C@@H](C(=O)Nc2ccc(F)c(C(F)(F)F)c2)[C@H]2CC[C@@H]1/C2=C\C1CC1. The van der Waals surface area contributed by atoms with Crippen LogP contribution in [-0.2, 0) is 20.6 Å². The second-order valence-electron chi connectivity index (χ2n) is 11.6. The molecule has 2 aromatic carbocycles. The Morgan fingerprint density at radius 1 is 1.07 bits per heavy atom. The van der Waals surface area contributed by atoms with Gasteiger partial charge in [0.1, 0.15) is 11.6 Å². The van der Waals surface area contributed by atoms with E-state index in [2.05, 4.69) is 21.9 Å². The minimum atomic E-state index is -4.94. The van der Waals surface area contributed by atoms with Gasteiger partial charge in [-0.15, -0.1) is 0 Å². The number of carbonyl (C=O) groups is 3. The Morgan fingerprint density at radius 3 is 2.48 bits per heavy atom. The predicted molar refractivity (Wildman–Crippen MR) is 148 cm³/mol. The number of halogens is 4. The van der Waals surface area contributed by atoms with Crippen LogP contribution in [-0.4, -0.2) is 47.9 Å². The molecule has 9 nitrogen and oxygen atoms in total. The molecule has 13 heteroatoms. The standard InChI is InChI=1S/C31H29F4N3O6/c1-43-24-9-4-15(23-13-25(30(41)42)44-38-23)11-20(24)28(39)37-27-18-7-6-17(19(18)10-14-2-3-14)26(27)29(40)36-16-5-8-22(32)21(12-16)31(33,34)35/h4-5,8-12,14,17-18,25-27H,2-3,6-7,13H2,1H3,(H,36,40)(H,37,39)(H,41,42)/b19-10-/t17-,18+,25?,26-,27+/m0/s1. The average Bonchev–Trinajstić information content (AvgIpc) is 3.39. The number of amides is 2. The molecule has 0 radical (unpaired) electrons. The van der Waals surface area contributed by atoms with Crippen molar-refractivity contribution in [3.63, 3.8) is 0 Å². The molecular formula is C31H29F4N3O6. The van der Waals surface area contributed by atoms with Crippen LogP contribution < -0.4 is 15.4 Å². The number of allylic oxidation sites excluding steroid dienone is 1. The summed E-state index contributed by atoms with van der Waals surface area (Å²) in [5, 5.41) is 18.6. The number of fused-ring (bicyclic) bond motifs is 2. The number of methoxy groups -OCH3 is 1. The molecule has 3 N–H and O–H groups in total. The molecule has 0 spiro atoms. The maximum Gasteiger partial charge on any atom is 0.419 e. The normalized spacial score (nSPS) is 26.7. The lowest BCUT2D eigenvalue weighted by atomic mass is 9.83. The summed E-state index contributed by atoms with van der Waals surface area (Å²) >= 11 is 0. The first kappa shape index (κ1) is 29.6. The molecule has 0 aromatic heterocycles. The van der Waals surface area contributed by atoms with Crippen LogP contribution in [0.4, 0.5) is 23.2 Å². The Bertz CT molecular complexity index is 1580. The van der Waals surface area contributed by atoms with Crippen molar-refractivity contribution in [2.75, 3.05) is 12.4 Å². The second-order valence-corrected chi connectivity index (χ2v) is 11.6. The van der Waals surface area contributed by atoms with E-state index in [4.69, 9.17) is 9.57 Å². The highest BCUT2D eigenvalue weighted by Gasteiger charge is 2.55. The second kappa shape index (κ2) is 11.3. The highest BCUT2D eigenvalue weighted by Crippen LogP contribution is 2.54. The molecule has 1 aliphatic heterocycles. The molecule has 5 atom stereocenters. The van der Waals surface area contributed by atoms with Gasteiger partial charge in [-0.25, -0.2) is 9.18 Å². The maximum absolute atomic E-state index is 13.9. The van der Waals surface area contributed by atoms with Crippen molar-refractivity contribution in [3.05, 3.63) is 70.6 Å². The Hall–Kier alpha value is -4.42. The number of nitrogens with zero attached hydrogens (tertiary/aromatic N) is 1. The summed E-state index contributed by atoms with van der Waals surface area (Å²) in [7, 11) is 1.39. The lowest BCUT2D eigenvalue weighted by molar-refractivity contribution is -0.148. The molecular weight excluding hydrogens is 586 g/mol. The third-order valence-corrected chi connectivity index (χ3v) is 8.81. The molecule has 2 amide bonds. The summed E-state index contributed by atoms with van der Waals surface area (Å²) in [4.78, 5) is 43.7. The maximum atomic E-state index is 13.9. The number of carboxylic acid groups (broad SMARTS) is 1. The number of anilines is 1. The number of ether oxygens (including phenoxy) is 1. The smallest absolute Gasteiger partial charge is 0.419 e. The van der Waals surface area contributed by atoms with Gasteiger partial charge in [0.25, 0.3) is 5.91 Å². The summed E-state index contributed by atoms with van der Waals surface area (Å²) < 4.78 is 59.3. The highest BCUT2D eigenvalue weighted by atomic mass is 19.4. The first-order chi connectivity index (χ1) is 20.9. The van der Waals surface area contributed by atoms with Gasteiger partial charge in [0.2, 0.25) is 12.0 Å². The van der Waals surface area contributed by atoms with Crippen molar-refractivity contribution in [3.8, 4) is 5.75 Å². The first-order valence-corrected chi connectivity index (χ1v) is 14.3. The van der Waals surface area contributed by atoms with Crippen molar-refractivity contribution >= 4 is 29.2 Å². The summed E-state index contributed by atoms with van der Waals surface area (Å²) in [5.74, 6) is -4.21. The Labute approximate surface area is 249 Å². The molecule has 1 unspecified atom stereocenters. The molecule has 232 valence electrons. The van der Waals surface area contributed by atoms with Crippen molar-refractivity contribution in [2.24, 2.45) is 28.8 Å². The van der Waals surface area contributed by atoms with Crippen LogP contribution in [0, 0.1) is 29.5 Å². The van der Waals surface area contributed by atoms with E-state index in [1.54, 1.807) is 12.1 Å². The number of alkyl halides is 3. The van der Waals surface area contributed by atoms with E-state index in [1.807, 2.05) is 0 Å². The van der Waals surface area contributed by atoms with Crippen LogP contribution in [0.1, 0.15) is 53.6 Å². The predicted octanol–water partition coefficient (Wildman–Crippen LogP) is 5.16. The molecule has 3 fully saturated rings. The number of hydrogen-bond acceptors (Lipinski definition) is 6. The summed E-state index contributed by atoms with van der Waals surface area (Å²) in [6.45, 7) is 0. The number of nitrogens with one attached hydrogen (secondary N) is 2. The minimum Gasteiger partial charge on any atom is -0.496 e. The summed E-state index contributed by atoms with van der Waals surface area (Å²) in [5.41, 5.74) is 0.339. The van der Waals surface area contributed by atoms with Gasteiger partial charge in [0.15, 0.2) is 0 Å². The fourth-order valence-electron chi connectivity index (χ4n) is 6.58. The van der Waals surface area contributed by atoms with E-state index in [0.29, 0.717) is 35.7 Å². The van der Waals surface area contributed by atoms with Crippen molar-refractivity contribution < 1.29 is 46.6 Å². The molecule has 1 heterocycles. The Morgan fingerprint density at radius 2 is 1.82 bits per heavy atom. The van der Waals surface area contributed by atoms with Gasteiger partial charge in [0, 0.05) is 29.6 Å². The van der Waals surface area contributed by atoms with E-state index < -0.39 is 53.4 Å². The number of aliphatic carboxylic acids is 1. The van der Waals surface area contributed by atoms with Crippen molar-refractivity contribution in [1.29, 1.82) is 0 Å². The number of oxime groups is 1. The van der Waals surface area contributed by atoms with Gasteiger partial charge in [-0.1, -0.05) is 16.8 Å². The fraction of sp³-hybridized carbons (Fsp3) is 0.419. The summed E-state index contributed by atoms with van der Waals surface area (Å²) in [6.07, 6.45) is -0.406. The monoisotopic (exact) mass is 615 g/mol. The van der Waals surface area contributed by atoms with E-state index in [1.165, 1.54) is 13.2 Å². The summed E-state index contributed by atoms with van der Waals surface area (Å²) in [6, 6.07) is 6.34. The molecule has 44 heavy (non-hydrogen) atoms. The Balaban J connectivity index is 1.28. The number of rotatable bonds is 8. The lowest BCUT2D eigenvalue weighted by Crippen LogP contribution is -2.48. The van der Waals surface area contributed by atoms with Crippen molar-refractivity contribution in [2.45, 2.75) is 50.4 Å². The lowest BCUT2D eigenvalue weighted by Gasteiger charge is -2.30. The highest BCUT2D eigenvalue weighted by molar-refractivity contribution is 6.06. The fourth-order valence-corrected chi connectivity index (χ4v) is 6.58. The topological polar surface area (TPSA) is 126 Å². The van der Waals surface area contributed by atoms with E-state index in [-0.39, 0.29) is 35.3 Å². The molecule has 2 aromatic rings. The largest absolute Gasteiger partial charge is 0.496 e. The van der Waals surface area contributed by atoms with E-state index in [9.17, 15) is 37.1 Å². The van der Waals surface area contributed by atoms with Crippen LogP contribution in [0.15, 0.2) is 53.2 Å². The third kappa shape index (κ3) is 5.62. The van der Waals surface area contributed by atoms with Gasteiger partial charge >= 0.3 is 12.1 Å². The average molecular weight is 616 g/mol.